The van der Waals surface area contributed by atoms with Crippen molar-refractivity contribution in [1.82, 2.24) is 9.97 Å². The predicted molar refractivity (Wildman–Crippen MR) is 106 cm³/mol. The number of halogens is 1. The first-order valence-electron chi connectivity index (χ1n) is 7.91. The zero-order chi connectivity index (χ0) is 18.7. The molecule has 3 rings (SSSR count). The lowest BCUT2D eigenvalue weighted by Crippen LogP contribution is -2.22. The molecule has 8 heteroatoms. The molecule has 0 aliphatic rings. The van der Waals surface area contributed by atoms with Gasteiger partial charge in [0.05, 0.1) is 16.3 Å². The van der Waals surface area contributed by atoms with Crippen molar-refractivity contribution in [2.45, 2.75) is 24.3 Å². The van der Waals surface area contributed by atoms with Crippen LogP contribution in [0.4, 0.5) is 11.4 Å². The zero-order valence-corrected chi connectivity index (χ0v) is 15.7. The SMILES string of the molecule is CC(=O)Nc1ccc(NC(=O)[C@H](C)Sc2nc3ccc(Cl)cc3[nH]2)cc1. The second-order valence-electron chi connectivity index (χ2n) is 5.71. The quantitative estimate of drug-likeness (QED) is 0.569. The third-order valence-electron chi connectivity index (χ3n) is 3.55. The minimum absolute atomic E-state index is 0.138. The summed E-state index contributed by atoms with van der Waals surface area (Å²) in [6.07, 6.45) is 0. The summed E-state index contributed by atoms with van der Waals surface area (Å²) in [7, 11) is 0. The predicted octanol–water partition coefficient (Wildman–Crippen LogP) is 4.29. The molecule has 0 aliphatic carbocycles. The lowest BCUT2D eigenvalue weighted by atomic mass is 10.2. The number of aromatic amines is 1. The molecule has 1 atom stereocenters. The summed E-state index contributed by atoms with van der Waals surface area (Å²) < 4.78 is 0. The van der Waals surface area contributed by atoms with Crippen molar-refractivity contribution < 1.29 is 9.59 Å². The van der Waals surface area contributed by atoms with Crippen molar-refractivity contribution in [2.24, 2.45) is 0 Å². The zero-order valence-electron chi connectivity index (χ0n) is 14.2. The second kappa shape index (κ2) is 7.80. The number of H-pyrrole nitrogens is 1. The van der Waals surface area contributed by atoms with Crippen LogP contribution < -0.4 is 10.6 Å². The van der Waals surface area contributed by atoms with Crippen LogP contribution in [0.5, 0.6) is 0 Å². The largest absolute Gasteiger partial charge is 0.333 e. The normalized spacial score (nSPS) is 12.0. The average molecular weight is 389 g/mol. The van der Waals surface area contributed by atoms with Gasteiger partial charge in [-0.2, -0.15) is 0 Å². The minimum atomic E-state index is -0.346. The molecule has 6 nitrogen and oxygen atoms in total. The number of thioether (sulfide) groups is 1. The van der Waals surface area contributed by atoms with Crippen molar-refractivity contribution in [3.05, 3.63) is 47.5 Å². The highest BCUT2D eigenvalue weighted by molar-refractivity contribution is 8.00. The molecule has 3 aromatic rings. The van der Waals surface area contributed by atoms with Gasteiger partial charge in [0, 0.05) is 23.3 Å². The third kappa shape index (κ3) is 4.56. The van der Waals surface area contributed by atoms with Crippen LogP contribution in [0.2, 0.25) is 5.02 Å². The molecule has 0 spiro atoms. The number of carbonyl (C=O) groups is 2. The van der Waals surface area contributed by atoms with Crippen LogP contribution in [-0.4, -0.2) is 27.0 Å². The van der Waals surface area contributed by atoms with E-state index < -0.39 is 0 Å². The fraction of sp³-hybridized carbons (Fsp3) is 0.167. The first-order chi connectivity index (χ1) is 12.4. The molecular formula is C18H17ClN4O2S. The highest BCUT2D eigenvalue weighted by Gasteiger charge is 2.17. The molecule has 0 radical (unpaired) electrons. The summed E-state index contributed by atoms with van der Waals surface area (Å²) in [5, 5.41) is 6.47. The van der Waals surface area contributed by atoms with Crippen molar-refractivity contribution in [3.63, 3.8) is 0 Å². The van der Waals surface area contributed by atoms with Gasteiger partial charge in [-0.15, -0.1) is 0 Å². The number of benzene rings is 2. The van der Waals surface area contributed by atoms with Gasteiger partial charge in [0.15, 0.2) is 5.16 Å². The van der Waals surface area contributed by atoms with Crippen molar-refractivity contribution >= 4 is 57.6 Å². The van der Waals surface area contributed by atoms with E-state index in [2.05, 4.69) is 20.6 Å². The number of nitrogens with zero attached hydrogens (tertiary/aromatic N) is 1. The highest BCUT2D eigenvalue weighted by Crippen LogP contribution is 2.26. The molecule has 0 saturated heterocycles. The van der Waals surface area contributed by atoms with Crippen LogP contribution in [0.25, 0.3) is 11.0 Å². The molecule has 3 N–H and O–H groups in total. The smallest absolute Gasteiger partial charge is 0.237 e. The summed E-state index contributed by atoms with van der Waals surface area (Å²) in [6, 6.07) is 12.4. The van der Waals surface area contributed by atoms with E-state index in [9.17, 15) is 9.59 Å². The first-order valence-corrected chi connectivity index (χ1v) is 9.17. The maximum atomic E-state index is 12.4. The van der Waals surface area contributed by atoms with E-state index in [4.69, 9.17) is 11.6 Å². The summed E-state index contributed by atoms with van der Waals surface area (Å²) in [4.78, 5) is 31.0. The van der Waals surface area contributed by atoms with E-state index in [1.807, 2.05) is 13.0 Å². The van der Waals surface area contributed by atoms with E-state index in [1.54, 1.807) is 36.4 Å². The van der Waals surface area contributed by atoms with Crippen molar-refractivity contribution in [2.75, 3.05) is 10.6 Å². The fourth-order valence-corrected chi connectivity index (χ4v) is 3.31. The third-order valence-corrected chi connectivity index (χ3v) is 4.77. The number of nitrogens with one attached hydrogen (secondary N) is 3. The average Bonchev–Trinajstić information content (AvgIpc) is 2.97. The number of anilines is 2. The number of hydrogen-bond donors (Lipinski definition) is 3. The minimum Gasteiger partial charge on any atom is -0.333 e. The maximum absolute atomic E-state index is 12.4. The van der Waals surface area contributed by atoms with E-state index in [0.717, 1.165) is 11.0 Å². The Bertz CT molecular complexity index is 955. The Morgan fingerprint density at radius 2 is 1.77 bits per heavy atom. The molecule has 2 amide bonds. The van der Waals surface area contributed by atoms with Crippen LogP contribution in [0, 0.1) is 0 Å². The maximum Gasteiger partial charge on any atom is 0.237 e. The molecule has 1 heterocycles. The van der Waals surface area contributed by atoms with Crippen LogP contribution in [-0.2, 0) is 9.59 Å². The number of amides is 2. The monoisotopic (exact) mass is 388 g/mol. The van der Waals surface area contributed by atoms with Gasteiger partial charge in [-0.3, -0.25) is 9.59 Å². The summed E-state index contributed by atoms with van der Waals surface area (Å²) in [5.74, 6) is -0.278. The number of fused-ring (bicyclic) bond motifs is 1. The molecule has 1 aromatic heterocycles. The van der Waals surface area contributed by atoms with Gasteiger partial charge in [0.1, 0.15) is 0 Å². The lowest BCUT2D eigenvalue weighted by molar-refractivity contribution is -0.115. The first kappa shape index (κ1) is 18.3. The topological polar surface area (TPSA) is 86.9 Å². The number of rotatable bonds is 5. The molecular weight excluding hydrogens is 372 g/mol. The Labute approximate surface area is 159 Å². The Kier molecular flexibility index (Phi) is 5.49. The Hall–Kier alpha value is -2.51. The van der Waals surface area contributed by atoms with Gasteiger partial charge >= 0.3 is 0 Å². The van der Waals surface area contributed by atoms with Gasteiger partial charge in [-0.05, 0) is 49.4 Å². The Morgan fingerprint density at radius 1 is 1.12 bits per heavy atom. The highest BCUT2D eigenvalue weighted by atomic mass is 35.5. The van der Waals surface area contributed by atoms with Gasteiger partial charge in [-0.25, -0.2) is 4.98 Å². The number of hydrogen-bond acceptors (Lipinski definition) is 4. The molecule has 0 saturated carbocycles. The molecule has 0 unspecified atom stereocenters. The van der Waals surface area contributed by atoms with Crippen LogP contribution in [0.3, 0.4) is 0 Å². The van der Waals surface area contributed by atoms with E-state index in [0.29, 0.717) is 21.6 Å². The summed E-state index contributed by atoms with van der Waals surface area (Å²) in [5.41, 5.74) is 2.98. The molecule has 134 valence electrons. The van der Waals surface area contributed by atoms with E-state index in [1.165, 1.54) is 18.7 Å². The number of imidazole rings is 1. The van der Waals surface area contributed by atoms with Gasteiger partial charge < -0.3 is 15.6 Å². The summed E-state index contributed by atoms with van der Waals surface area (Å²) in [6.45, 7) is 3.26. The molecule has 26 heavy (non-hydrogen) atoms. The van der Waals surface area contributed by atoms with E-state index >= 15 is 0 Å². The molecule has 0 fully saturated rings. The van der Waals surface area contributed by atoms with Crippen molar-refractivity contribution in [3.8, 4) is 0 Å². The standard InChI is InChI=1S/C18H17ClN4O2S/c1-10(26-18-22-15-8-3-12(19)9-16(15)23-18)17(25)21-14-6-4-13(5-7-14)20-11(2)24/h3-10H,1-2H3,(H,20,24)(H,21,25)(H,22,23)/t10-/m0/s1. The van der Waals surface area contributed by atoms with Gasteiger partial charge in [-0.1, -0.05) is 23.4 Å². The Balaban J connectivity index is 1.62. The van der Waals surface area contributed by atoms with Gasteiger partial charge in [0.2, 0.25) is 11.8 Å². The van der Waals surface area contributed by atoms with Crippen LogP contribution in [0.15, 0.2) is 47.6 Å². The summed E-state index contributed by atoms with van der Waals surface area (Å²) >= 11 is 7.31. The molecule has 0 bridgehead atoms. The van der Waals surface area contributed by atoms with Crippen LogP contribution >= 0.6 is 23.4 Å². The molecule has 2 aromatic carbocycles. The van der Waals surface area contributed by atoms with Crippen LogP contribution in [0.1, 0.15) is 13.8 Å². The number of aromatic nitrogens is 2. The number of carbonyl (C=O) groups excluding carboxylic acids is 2. The van der Waals surface area contributed by atoms with Crippen molar-refractivity contribution in [1.29, 1.82) is 0 Å². The lowest BCUT2D eigenvalue weighted by Gasteiger charge is -2.11. The Morgan fingerprint density at radius 3 is 2.42 bits per heavy atom. The molecule has 0 aliphatic heterocycles. The van der Waals surface area contributed by atoms with Gasteiger partial charge in [0.25, 0.3) is 0 Å². The second-order valence-corrected chi connectivity index (χ2v) is 7.48. The van der Waals surface area contributed by atoms with E-state index in [-0.39, 0.29) is 17.1 Å². The fourth-order valence-electron chi connectivity index (χ4n) is 2.32.